The third-order valence-electron chi connectivity index (χ3n) is 0.683. The van der Waals surface area contributed by atoms with Crippen molar-refractivity contribution in [2.75, 3.05) is 0 Å². The molecule has 0 amide bonds. The van der Waals surface area contributed by atoms with Crippen molar-refractivity contribution in [2.45, 2.75) is 0 Å². The van der Waals surface area contributed by atoms with Gasteiger partial charge in [0, 0.05) is 0 Å². The highest BCUT2D eigenvalue weighted by Crippen LogP contribution is 1.94. The Labute approximate surface area is 66.9 Å². The minimum Gasteiger partial charge on any atom is -0.473 e. The molecule has 0 heterocycles. The van der Waals surface area contributed by atoms with Crippen molar-refractivity contribution in [3.63, 3.8) is 0 Å². The lowest BCUT2D eigenvalue weighted by atomic mass is 10.5. The molecule has 0 radical (unpaired) electrons. The number of rotatable bonds is 1. The highest BCUT2D eigenvalue weighted by molar-refractivity contribution is 6.29. The second kappa shape index (κ2) is 4.47. The van der Waals surface area contributed by atoms with Crippen molar-refractivity contribution < 1.29 is 19.4 Å². The Bertz CT molecular complexity index is 317. The summed E-state index contributed by atoms with van der Waals surface area (Å²) in [6.07, 6.45) is 0.626. The normalized spacial score (nSPS) is 9.33. The van der Waals surface area contributed by atoms with Gasteiger partial charge in [-0.25, -0.2) is 9.59 Å². The number of allylic oxidation sites excluding steroid dienone is 2. The van der Waals surface area contributed by atoms with E-state index in [4.69, 9.17) is 15.6 Å². The molecular weight excluding hydrogens is 164 g/mol. The predicted octanol–water partition coefficient (Wildman–Crippen LogP) is -0.455. The lowest BCUT2D eigenvalue weighted by Gasteiger charge is -1.93. The van der Waals surface area contributed by atoms with Gasteiger partial charge in [0.25, 0.3) is 0 Å². The molecule has 0 atom stereocenters. The fourth-order valence-electron chi connectivity index (χ4n) is 0.287. The molecule has 1 N–H and O–H groups in total. The average molecular weight is 166 g/mol. The molecule has 0 bridgehead atoms. The fourth-order valence-corrected chi connectivity index (χ4v) is 0.287. The van der Waals surface area contributed by atoms with Crippen LogP contribution in [-0.4, -0.2) is 17.0 Å². The minimum absolute atomic E-state index is 0.626. The lowest BCUT2D eigenvalue weighted by molar-refractivity contribution is -0.160. The van der Waals surface area contributed by atoms with E-state index in [1.807, 2.05) is 0 Å². The van der Waals surface area contributed by atoms with Gasteiger partial charge < -0.3 is 9.84 Å². The van der Waals surface area contributed by atoms with Gasteiger partial charge in [0.05, 0.1) is 12.1 Å². The molecule has 0 aromatic rings. The van der Waals surface area contributed by atoms with Crippen LogP contribution in [0.2, 0.25) is 0 Å². The molecule has 0 saturated carbocycles. The third kappa shape index (κ3) is 2.99. The van der Waals surface area contributed by atoms with Crippen LogP contribution in [0.3, 0.4) is 0 Å². The van der Waals surface area contributed by atoms with Gasteiger partial charge in [0.1, 0.15) is 6.07 Å². The predicted molar refractivity (Wildman–Crippen MR) is 33.0 cm³/mol. The van der Waals surface area contributed by atoms with E-state index in [0.29, 0.717) is 6.08 Å². The first kappa shape index (κ1) is 9.66. The summed E-state index contributed by atoms with van der Waals surface area (Å²) in [4.78, 5) is 20.1. The zero-order valence-corrected chi connectivity index (χ0v) is 5.64. The van der Waals surface area contributed by atoms with Crippen LogP contribution in [0.15, 0.2) is 11.8 Å². The zero-order chi connectivity index (χ0) is 9.56. The van der Waals surface area contributed by atoms with Gasteiger partial charge >= 0.3 is 11.9 Å². The fraction of sp³-hybridized carbons (Fsp3) is 0. The first-order chi connectivity index (χ1) is 5.61. The summed E-state index contributed by atoms with van der Waals surface area (Å²) in [7, 11) is 0. The molecule has 60 valence electrons. The number of carboxylic acids is 1. The van der Waals surface area contributed by atoms with E-state index in [-0.39, 0.29) is 0 Å². The molecule has 0 aromatic heterocycles. The Morgan fingerprint density at radius 1 is 1.42 bits per heavy atom. The monoisotopic (exact) mass is 166 g/mol. The lowest BCUT2D eigenvalue weighted by Crippen LogP contribution is -2.15. The first-order valence-corrected chi connectivity index (χ1v) is 2.56. The maximum Gasteiger partial charge on any atom is 0.423 e. The highest BCUT2D eigenvalue weighted by Gasteiger charge is 2.14. The molecule has 0 aliphatic heterocycles. The van der Waals surface area contributed by atoms with Gasteiger partial charge in [-0.3, -0.25) is 0 Å². The molecule has 0 fully saturated rings. The van der Waals surface area contributed by atoms with Crippen LogP contribution >= 0.6 is 0 Å². The summed E-state index contributed by atoms with van der Waals surface area (Å²) in [5, 5.41) is 24.2. The molecule has 0 aliphatic carbocycles. The highest BCUT2D eigenvalue weighted by atomic mass is 16.6. The quantitative estimate of drug-likeness (QED) is 0.244. The largest absolute Gasteiger partial charge is 0.473 e. The number of carboxylic acid groups (broad SMARTS) is 1. The minimum atomic E-state index is -1.82. The van der Waals surface area contributed by atoms with Crippen LogP contribution in [0.5, 0.6) is 0 Å². The standard InChI is InChI=1S/C6H2N2O4/c7-2-1-4(3-8)12-6(11)5(9)10/h1H,(H,9,10). The van der Waals surface area contributed by atoms with Gasteiger partial charge in [0.15, 0.2) is 0 Å². The smallest absolute Gasteiger partial charge is 0.423 e. The van der Waals surface area contributed by atoms with Gasteiger partial charge in [0.2, 0.25) is 5.76 Å². The van der Waals surface area contributed by atoms with Crippen molar-refractivity contribution in [3.05, 3.63) is 11.8 Å². The van der Waals surface area contributed by atoms with Crippen LogP contribution in [0.25, 0.3) is 0 Å². The Balaban J connectivity index is 4.38. The van der Waals surface area contributed by atoms with Gasteiger partial charge in [-0.15, -0.1) is 0 Å². The van der Waals surface area contributed by atoms with Gasteiger partial charge in [-0.2, -0.15) is 10.5 Å². The van der Waals surface area contributed by atoms with Crippen LogP contribution < -0.4 is 0 Å². The number of ether oxygens (including phenoxy) is 1. The Hall–Kier alpha value is -2.34. The number of carbonyl (C=O) groups excluding carboxylic acids is 1. The molecule has 0 aromatic carbocycles. The molecule has 6 heteroatoms. The van der Waals surface area contributed by atoms with Crippen LogP contribution in [-0.2, 0) is 14.3 Å². The molecule has 0 aliphatic rings. The number of nitrogens with zero attached hydrogens (tertiary/aromatic N) is 2. The van der Waals surface area contributed by atoms with E-state index in [0.717, 1.165) is 0 Å². The Kier molecular flexibility index (Phi) is 3.60. The molecule has 0 unspecified atom stereocenters. The maximum atomic E-state index is 10.3. The third-order valence-corrected chi connectivity index (χ3v) is 0.683. The average Bonchev–Trinajstić information content (AvgIpc) is 2.03. The molecular formula is C6H2N2O4. The number of aliphatic carboxylic acids is 1. The van der Waals surface area contributed by atoms with Crippen molar-refractivity contribution in [1.82, 2.24) is 0 Å². The Morgan fingerprint density at radius 2 is 2.00 bits per heavy atom. The van der Waals surface area contributed by atoms with Crippen LogP contribution in [0.1, 0.15) is 0 Å². The van der Waals surface area contributed by atoms with Crippen LogP contribution in [0, 0.1) is 22.7 Å². The zero-order valence-electron chi connectivity index (χ0n) is 5.64. The molecule has 12 heavy (non-hydrogen) atoms. The first-order valence-electron chi connectivity index (χ1n) is 2.56. The Morgan fingerprint density at radius 3 is 2.33 bits per heavy atom. The number of hydrogen-bond donors (Lipinski definition) is 1. The van der Waals surface area contributed by atoms with E-state index >= 15 is 0 Å². The van der Waals surface area contributed by atoms with Gasteiger partial charge in [-0.05, 0) is 0 Å². The summed E-state index contributed by atoms with van der Waals surface area (Å²) < 4.78 is 3.94. The SMILES string of the molecule is N#CC=C(C#N)OC(=O)C(=O)O. The summed E-state index contributed by atoms with van der Waals surface area (Å²) in [6, 6.07) is 2.73. The number of carbonyl (C=O) groups is 2. The summed E-state index contributed by atoms with van der Waals surface area (Å²) in [5.41, 5.74) is 0. The number of esters is 1. The summed E-state index contributed by atoms with van der Waals surface area (Å²) >= 11 is 0. The summed E-state index contributed by atoms with van der Waals surface area (Å²) in [5.74, 6) is -4.07. The van der Waals surface area contributed by atoms with E-state index in [1.54, 1.807) is 0 Å². The topological polar surface area (TPSA) is 111 Å². The van der Waals surface area contributed by atoms with E-state index < -0.39 is 17.7 Å². The van der Waals surface area contributed by atoms with Crippen molar-refractivity contribution in [2.24, 2.45) is 0 Å². The molecule has 0 spiro atoms. The molecule has 0 rings (SSSR count). The summed E-state index contributed by atoms with van der Waals surface area (Å²) in [6.45, 7) is 0. The molecule has 0 saturated heterocycles. The number of nitriles is 2. The van der Waals surface area contributed by atoms with E-state index in [9.17, 15) is 9.59 Å². The van der Waals surface area contributed by atoms with Crippen LogP contribution in [0.4, 0.5) is 0 Å². The van der Waals surface area contributed by atoms with Gasteiger partial charge in [-0.1, -0.05) is 0 Å². The second-order valence-electron chi connectivity index (χ2n) is 1.44. The molecule has 6 nitrogen and oxygen atoms in total. The second-order valence-corrected chi connectivity index (χ2v) is 1.44. The van der Waals surface area contributed by atoms with Crippen molar-refractivity contribution in [3.8, 4) is 12.1 Å². The van der Waals surface area contributed by atoms with E-state index in [2.05, 4.69) is 4.74 Å². The van der Waals surface area contributed by atoms with Crippen molar-refractivity contribution >= 4 is 11.9 Å². The number of hydrogen-bond acceptors (Lipinski definition) is 5. The van der Waals surface area contributed by atoms with E-state index in [1.165, 1.54) is 12.1 Å². The maximum absolute atomic E-state index is 10.3. The van der Waals surface area contributed by atoms with Crippen molar-refractivity contribution in [1.29, 1.82) is 10.5 Å².